The van der Waals surface area contributed by atoms with Crippen LogP contribution in [0.25, 0.3) is 0 Å². The SMILES string of the molecule is CSc1cccc(N(C)[O-])c1. The molecule has 2 nitrogen and oxygen atoms in total. The van der Waals surface area contributed by atoms with Gasteiger partial charge in [-0.3, -0.25) is 0 Å². The van der Waals surface area contributed by atoms with Crippen molar-refractivity contribution in [2.75, 3.05) is 18.4 Å². The molecule has 1 aromatic rings. The Morgan fingerprint density at radius 1 is 1.45 bits per heavy atom. The number of anilines is 1. The first-order valence-electron chi connectivity index (χ1n) is 3.29. The first-order chi connectivity index (χ1) is 5.24. The minimum atomic E-state index is 0.705. The van der Waals surface area contributed by atoms with E-state index in [1.165, 1.54) is 7.05 Å². The minimum absolute atomic E-state index is 0.705. The molecule has 0 N–H and O–H groups in total. The Hall–Kier alpha value is -0.670. The molecule has 0 amide bonds. The van der Waals surface area contributed by atoms with Gasteiger partial charge in [0.1, 0.15) is 0 Å². The molecule has 0 aliphatic heterocycles. The van der Waals surface area contributed by atoms with Gasteiger partial charge in [0.2, 0.25) is 0 Å². The average molecular weight is 168 g/mol. The predicted octanol–water partition coefficient (Wildman–Crippen LogP) is 2.34. The van der Waals surface area contributed by atoms with Gasteiger partial charge in [0.05, 0.1) is 0 Å². The fourth-order valence-corrected chi connectivity index (χ4v) is 1.26. The normalized spacial score (nSPS) is 9.73. The van der Waals surface area contributed by atoms with Gasteiger partial charge in [-0.2, -0.15) is 0 Å². The Balaban J connectivity index is 2.91. The van der Waals surface area contributed by atoms with Gasteiger partial charge in [0, 0.05) is 10.6 Å². The lowest BCUT2D eigenvalue weighted by Gasteiger charge is -2.24. The first kappa shape index (κ1) is 8.43. The van der Waals surface area contributed by atoms with Crippen LogP contribution in [0.3, 0.4) is 0 Å². The van der Waals surface area contributed by atoms with Crippen LogP contribution in [0.2, 0.25) is 0 Å². The van der Waals surface area contributed by atoms with Gasteiger partial charge in [0.15, 0.2) is 0 Å². The number of thioether (sulfide) groups is 1. The molecule has 1 aromatic carbocycles. The molecule has 11 heavy (non-hydrogen) atoms. The molecule has 0 aliphatic rings. The highest BCUT2D eigenvalue weighted by atomic mass is 32.2. The van der Waals surface area contributed by atoms with Gasteiger partial charge in [-0.15, -0.1) is 11.8 Å². The number of nitrogens with zero attached hydrogens (tertiary/aromatic N) is 1. The zero-order chi connectivity index (χ0) is 8.27. The number of hydrogen-bond donors (Lipinski definition) is 0. The van der Waals surface area contributed by atoms with Gasteiger partial charge in [0.25, 0.3) is 0 Å². The molecular weight excluding hydrogens is 158 g/mol. The van der Waals surface area contributed by atoms with E-state index in [2.05, 4.69) is 0 Å². The van der Waals surface area contributed by atoms with Crippen LogP contribution in [0, 0.1) is 5.21 Å². The van der Waals surface area contributed by atoms with Crippen LogP contribution in [0.15, 0.2) is 29.2 Å². The fourth-order valence-electron chi connectivity index (χ4n) is 0.806. The molecular formula is C8H10NOS-. The molecule has 1 rings (SSSR count). The van der Waals surface area contributed by atoms with Crippen molar-refractivity contribution in [3.63, 3.8) is 0 Å². The summed E-state index contributed by atoms with van der Waals surface area (Å²) in [6, 6.07) is 7.54. The summed E-state index contributed by atoms with van der Waals surface area (Å²) in [5, 5.41) is 11.7. The lowest BCUT2D eigenvalue weighted by molar-refractivity contribution is 1.20. The Morgan fingerprint density at radius 3 is 2.73 bits per heavy atom. The molecule has 0 aliphatic carbocycles. The summed E-state index contributed by atoms with van der Waals surface area (Å²) >= 11 is 1.63. The van der Waals surface area contributed by atoms with E-state index in [1.54, 1.807) is 17.8 Å². The van der Waals surface area contributed by atoms with E-state index < -0.39 is 0 Å². The summed E-state index contributed by atoms with van der Waals surface area (Å²) in [4.78, 5) is 1.12. The van der Waals surface area contributed by atoms with Gasteiger partial charge in [-0.25, -0.2) is 0 Å². The largest absolute Gasteiger partial charge is 0.758 e. The lowest BCUT2D eigenvalue weighted by Crippen LogP contribution is -2.05. The molecule has 0 saturated carbocycles. The molecule has 0 spiro atoms. The lowest BCUT2D eigenvalue weighted by atomic mass is 10.3. The molecule has 60 valence electrons. The quantitative estimate of drug-likeness (QED) is 0.501. The van der Waals surface area contributed by atoms with Gasteiger partial charge < -0.3 is 10.3 Å². The predicted molar refractivity (Wildman–Crippen MR) is 50.0 cm³/mol. The van der Waals surface area contributed by atoms with Crippen LogP contribution >= 0.6 is 11.8 Å². The van der Waals surface area contributed by atoms with Crippen LogP contribution in [0.5, 0.6) is 0 Å². The van der Waals surface area contributed by atoms with Crippen molar-refractivity contribution in [3.8, 4) is 0 Å². The first-order valence-corrected chi connectivity index (χ1v) is 4.51. The topological polar surface area (TPSA) is 26.3 Å². The van der Waals surface area contributed by atoms with E-state index in [1.807, 2.05) is 24.5 Å². The molecule has 0 atom stereocenters. The van der Waals surface area contributed by atoms with Crippen LogP contribution in [0.1, 0.15) is 0 Å². The highest BCUT2D eigenvalue weighted by Gasteiger charge is 1.91. The third-order valence-electron chi connectivity index (χ3n) is 1.42. The van der Waals surface area contributed by atoms with Gasteiger partial charge >= 0.3 is 0 Å². The van der Waals surface area contributed by atoms with Crippen molar-refractivity contribution in [2.24, 2.45) is 0 Å². The van der Waals surface area contributed by atoms with Crippen molar-refractivity contribution in [1.82, 2.24) is 0 Å². The molecule has 0 aromatic heterocycles. The van der Waals surface area contributed by atoms with Gasteiger partial charge in [-0.1, -0.05) is 6.07 Å². The highest BCUT2D eigenvalue weighted by Crippen LogP contribution is 2.20. The zero-order valence-electron chi connectivity index (χ0n) is 6.57. The molecule has 0 saturated heterocycles. The van der Waals surface area contributed by atoms with Crippen LogP contribution in [0.4, 0.5) is 5.69 Å². The third kappa shape index (κ3) is 2.13. The summed E-state index contributed by atoms with van der Waals surface area (Å²) in [6.45, 7) is 0. The molecule has 0 fully saturated rings. The second kappa shape index (κ2) is 3.64. The minimum Gasteiger partial charge on any atom is -0.758 e. The van der Waals surface area contributed by atoms with E-state index in [0.29, 0.717) is 5.69 Å². The van der Waals surface area contributed by atoms with E-state index >= 15 is 0 Å². The number of hydrogen-bond acceptors (Lipinski definition) is 3. The monoisotopic (exact) mass is 168 g/mol. The fraction of sp³-hybridized carbons (Fsp3) is 0.250. The Labute approximate surface area is 70.8 Å². The number of hydroxylamine groups is 1. The van der Waals surface area contributed by atoms with Gasteiger partial charge in [-0.05, 0) is 31.5 Å². The van der Waals surface area contributed by atoms with Crippen molar-refractivity contribution in [3.05, 3.63) is 29.5 Å². The summed E-state index contributed by atoms with van der Waals surface area (Å²) in [5.74, 6) is 0. The van der Waals surface area contributed by atoms with Crippen molar-refractivity contribution < 1.29 is 0 Å². The van der Waals surface area contributed by atoms with E-state index in [-0.39, 0.29) is 0 Å². The summed E-state index contributed by atoms with van der Waals surface area (Å²) in [6.07, 6.45) is 1.99. The maximum atomic E-state index is 10.8. The molecule has 0 unspecified atom stereocenters. The number of benzene rings is 1. The summed E-state index contributed by atoms with van der Waals surface area (Å²) < 4.78 is 0. The Kier molecular flexibility index (Phi) is 2.79. The molecule has 0 bridgehead atoms. The smallest absolute Gasteiger partial charge is 0.0268 e. The highest BCUT2D eigenvalue weighted by molar-refractivity contribution is 7.98. The van der Waals surface area contributed by atoms with E-state index in [4.69, 9.17) is 0 Å². The van der Waals surface area contributed by atoms with E-state index in [0.717, 1.165) is 9.96 Å². The van der Waals surface area contributed by atoms with Crippen LogP contribution in [-0.4, -0.2) is 13.3 Å². The molecule has 3 heteroatoms. The van der Waals surface area contributed by atoms with Crippen LogP contribution < -0.4 is 5.06 Å². The molecule has 0 heterocycles. The maximum absolute atomic E-state index is 10.8. The zero-order valence-corrected chi connectivity index (χ0v) is 7.39. The Bertz CT molecular complexity index is 237. The van der Waals surface area contributed by atoms with Crippen molar-refractivity contribution >= 4 is 17.4 Å². The van der Waals surface area contributed by atoms with Crippen molar-refractivity contribution in [2.45, 2.75) is 4.90 Å². The number of rotatable bonds is 2. The van der Waals surface area contributed by atoms with E-state index in [9.17, 15) is 5.21 Å². The third-order valence-corrected chi connectivity index (χ3v) is 2.14. The summed E-state index contributed by atoms with van der Waals surface area (Å²) in [5.41, 5.74) is 0.705. The summed E-state index contributed by atoms with van der Waals surface area (Å²) in [7, 11) is 1.50. The second-order valence-corrected chi connectivity index (χ2v) is 3.08. The standard InChI is InChI=1S/C8H10NOS/c1-9(10)7-4-3-5-8(6-7)11-2/h3-6H,1-2H3/q-1. The molecule has 0 radical (unpaired) electrons. The maximum Gasteiger partial charge on any atom is 0.0268 e. The average Bonchev–Trinajstić information content (AvgIpc) is 2.05. The second-order valence-electron chi connectivity index (χ2n) is 2.20. The van der Waals surface area contributed by atoms with Crippen LogP contribution in [-0.2, 0) is 0 Å². The Morgan fingerprint density at radius 2 is 2.18 bits per heavy atom. The van der Waals surface area contributed by atoms with Crippen molar-refractivity contribution in [1.29, 1.82) is 0 Å².